The van der Waals surface area contributed by atoms with E-state index in [9.17, 15) is 0 Å². The van der Waals surface area contributed by atoms with Crippen LogP contribution in [0.3, 0.4) is 0 Å². The fraction of sp³-hybridized carbons (Fsp3) is 0. The summed E-state index contributed by atoms with van der Waals surface area (Å²) in [5.74, 6) is 0. The summed E-state index contributed by atoms with van der Waals surface area (Å²) in [4.78, 5) is 7.02. The van der Waals surface area contributed by atoms with E-state index in [2.05, 4.69) is 9.97 Å². The molecule has 0 saturated heterocycles. The second kappa shape index (κ2) is 2.99. The summed E-state index contributed by atoms with van der Waals surface area (Å²) in [6.07, 6.45) is 3.51. The average molecular weight is 179 g/mol. The molecule has 0 fully saturated rings. The first-order valence-corrected chi connectivity index (χ1v) is 3.99. The number of benzene rings is 1. The molecular formula is C9H7ClN2. The summed E-state index contributed by atoms with van der Waals surface area (Å²) in [5, 5.41) is 0.745. The fourth-order valence-corrected chi connectivity index (χ4v) is 1.16. The van der Waals surface area contributed by atoms with Gasteiger partial charge >= 0.3 is 0 Å². The van der Waals surface area contributed by atoms with Crippen molar-refractivity contribution in [2.24, 2.45) is 0 Å². The molecule has 0 radical (unpaired) electrons. The Morgan fingerprint density at radius 3 is 2.50 bits per heavy atom. The molecular weight excluding hydrogens is 172 g/mol. The van der Waals surface area contributed by atoms with Gasteiger partial charge in [-0.25, -0.2) is 4.98 Å². The number of aromatic amines is 1. The number of nitrogens with zero attached hydrogens (tertiary/aromatic N) is 1. The van der Waals surface area contributed by atoms with Gasteiger partial charge in [-0.05, 0) is 12.1 Å². The zero-order valence-electron chi connectivity index (χ0n) is 6.29. The van der Waals surface area contributed by atoms with Crippen LogP contribution in [0.1, 0.15) is 0 Å². The van der Waals surface area contributed by atoms with Gasteiger partial charge in [0.15, 0.2) is 0 Å². The Balaban J connectivity index is 2.43. The molecule has 1 N–H and O–H groups in total. The molecule has 2 aromatic rings. The lowest BCUT2D eigenvalue weighted by atomic mass is 10.2. The van der Waals surface area contributed by atoms with Crippen molar-refractivity contribution in [3.63, 3.8) is 0 Å². The largest absolute Gasteiger partial charge is 0.351 e. The van der Waals surface area contributed by atoms with Crippen molar-refractivity contribution in [3.8, 4) is 11.3 Å². The summed E-state index contributed by atoms with van der Waals surface area (Å²) in [6, 6.07) is 7.59. The topological polar surface area (TPSA) is 28.7 Å². The highest BCUT2D eigenvalue weighted by atomic mass is 35.5. The summed E-state index contributed by atoms with van der Waals surface area (Å²) < 4.78 is 0. The molecule has 1 aromatic heterocycles. The Morgan fingerprint density at radius 1 is 1.17 bits per heavy atom. The van der Waals surface area contributed by atoms with E-state index in [0.717, 1.165) is 16.3 Å². The number of imidazole rings is 1. The maximum Gasteiger partial charge on any atom is 0.0927 e. The van der Waals surface area contributed by atoms with Crippen LogP contribution in [0.2, 0.25) is 5.02 Å². The molecule has 0 bridgehead atoms. The molecule has 2 nitrogen and oxygen atoms in total. The van der Waals surface area contributed by atoms with Crippen LogP contribution in [0.25, 0.3) is 11.3 Å². The average Bonchev–Trinajstić information content (AvgIpc) is 2.58. The maximum atomic E-state index is 5.74. The molecule has 0 atom stereocenters. The van der Waals surface area contributed by atoms with Crippen LogP contribution in [0.15, 0.2) is 36.8 Å². The zero-order chi connectivity index (χ0) is 8.39. The van der Waals surface area contributed by atoms with Crippen LogP contribution in [0.4, 0.5) is 0 Å². The van der Waals surface area contributed by atoms with E-state index in [0.29, 0.717) is 0 Å². The SMILES string of the molecule is Clc1ccc(-c2c[nH]cn2)cc1. The summed E-state index contributed by atoms with van der Waals surface area (Å²) in [5.41, 5.74) is 2.01. The predicted molar refractivity (Wildman–Crippen MR) is 49.0 cm³/mol. The minimum absolute atomic E-state index is 0.745. The van der Waals surface area contributed by atoms with Crippen molar-refractivity contribution in [1.82, 2.24) is 9.97 Å². The minimum Gasteiger partial charge on any atom is -0.351 e. The van der Waals surface area contributed by atoms with E-state index >= 15 is 0 Å². The van der Waals surface area contributed by atoms with Crippen molar-refractivity contribution in [2.45, 2.75) is 0 Å². The van der Waals surface area contributed by atoms with E-state index in [4.69, 9.17) is 11.6 Å². The van der Waals surface area contributed by atoms with E-state index in [1.165, 1.54) is 0 Å². The van der Waals surface area contributed by atoms with E-state index in [1.807, 2.05) is 30.5 Å². The predicted octanol–water partition coefficient (Wildman–Crippen LogP) is 2.73. The van der Waals surface area contributed by atoms with Crippen LogP contribution < -0.4 is 0 Å². The van der Waals surface area contributed by atoms with Crippen LogP contribution in [-0.2, 0) is 0 Å². The highest BCUT2D eigenvalue weighted by molar-refractivity contribution is 6.30. The van der Waals surface area contributed by atoms with Crippen molar-refractivity contribution in [3.05, 3.63) is 41.8 Å². The van der Waals surface area contributed by atoms with Gasteiger partial charge in [0.25, 0.3) is 0 Å². The van der Waals surface area contributed by atoms with Crippen molar-refractivity contribution < 1.29 is 0 Å². The highest BCUT2D eigenvalue weighted by Gasteiger charge is 1.97. The lowest BCUT2D eigenvalue weighted by molar-refractivity contribution is 1.31. The summed E-state index contributed by atoms with van der Waals surface area (Å²) >= 11 is 5.74. The first-order chi connectivity index (χ1) is 5.86. The van der Waals surface area contributed by atoms with Gasteiger partial charge in [-0.1, -0.05) is 23.7 Å². The lowest BCUT2D eigenvalue weighted by Gasteiger charge is -1.94. The third kappa shape index (κ3) is 1.34. The molecule has 3 heteroatoms. The molecule has 1 heterocycles. The number of nitrogens with one attached hydrogen (secondary N) is 1. The molecule has 12 heavy (non-hydrogen) atoms. The number of H-pyrrole nitrogens is 1. The highest BCUT2D eigenvalue weighted by Crippen LogP contribution is 2.18. The standard InChI is InChI=1S/C9H7ClN2/c10-8-3-1-7(2-4-8)9-5-11-6-12-9/h1-6H,(H,11,12). The third-order valence-corrected chi connectivity index (χ3v) is 1.89. The van der Waals surface area contributed by atoms with Gasteiger partial charge in [0.05, 0.1) is 12.0 Å². The molecule has 0 unspecified atom stereocenters. The van der Waals surface area contributed by atoms with E-state index in [1.54, 1.807) is 6.33 Å². The van der Waals surface area contributed by atoms with Gasteiger partial charge in [0, 0.05) is 16.8 Å². The smallest absolute Gasteiger partial charge is 0.0927 e. The Labute approximate surface area is 75.2 Å². The lowest BCUT2D eigenvalue weighted by Crippen LogP contribution is -1.74. The first-order valence-electron chi connectivity index (χ1n) is 3.61. The maximum absolute atomic E-state index is 5.74. The normalized spacial score (nSPS) is 10.1. The monoisotopic (exact) mass is 178 g/mol. The molecule has 1 aromatic carbocycles. The Hall–Kier alpha value is -1.28. The van der Waals surface area contributed by atoms with Crippen molar-refractivity contribution >= 4 is 11.6 Å². The van der Waals surface area contributed by atoms with Crippen molar-refractivity contribution in [1.29, 1.82) is 0 Å². The van der Waals surface area contributed by atoms with E-state index < -0.39 is 0 Å². The summed E-state index contributed by atoms with van der Waals surface area (Å²) in [7, 11) is 0. The molecule has 0 spiro atoms. The van der Waals surface area contributed by atoms with Gasteiger partial charge < -0.3 is 4.98 Å². The Morgan fingerprint density at radius 2 is 1.92 bits per heavy atom. The number of hydrogen-bond donors (Lipinski definition) is 1. The minimum atomic E-state index is 0.745. The van der Waals surface area contributed by atoms with Crippen LogP contribution in [0.5, 0.6) is 0 Å². The van der Waals surface area contributed by atoms with E-state index in [-0.39, 0.29) is 0 Å². The Bertz CT molecular complexity index is 351. The van der Waals surface area contributed by atoms with Gasteiger partial charge in [0.2, 0.25) is 0 Å². The van der Waals surface area contributed by atoms with Gasteiger partial charge in [-0.2, -0.15) is 0 Å². The van der Waals surface area contributed by atoms with Crippen LogP contribution >= 0.6 is 11.6 Å². The van der Waals surface area contributed by atoms with Gasteiger partial charge in [-0.3, -0.25) is 0 Å². The quantitative estimate of drug-likeness (QED) is 0.715. The zero-order valence-corrected chi connectivity index (χ0v) is 7.05. The Kier molecular flexibility index (Phi) is 1.84. The summed E-state index contributed by atoms with van der Waals surface area (Å²) in [6.45, 7) is 0. The third-order valence-electron chi connectivity index (χ3n) is 1.64. The van der Waals surface area contributed by atoms with Crippen LogP contribution in [-0.4, -0.2) is 9.97 Å². The van der Waals surface area contributed by atoms with Crippen molar-refractivity contribution in [2.75, 3.05) is 0 Å². The number of hydrogen-bond acceptors (Lipinski definition) is 1. The van der Waals surface area contributed by atoms with Crippen LogP contribution in [0, 0.1) is 0 Å². The molecule has 0 saturated carbocycles. The second-order valence-corrected chi connectivity index (χ2v) is 2.90. The number of aromatic nitrogens is 2. The molecule has 0 aliphatic carbocycles. The molecule has 0 amide bonds. The number of rotatable bonds is 1. The molecule has 0 aliphatic heterocycles. The number of halogens is 1. The van der Waals surface area contributed by atoms with Gasteiger partial charge in [-0.15, -0.1) is 0 Å². The first kappa shape index (κ1) is 7.37. The fourth-order valence-electron chi connectivity index (χ4n) is 1.04. The second-order valence-electron chi connectivity index (χ2n) is 2.46. The molecule has 0 aliphatic rings. The van der Waals surface area contributed by atoms with Gasteiger partial charge in [0.1, 0.15) is 0 Å². The molecule has 2 rings (SSSR count). The molecule has 60 valence electrons.